The van der Waals surface area contributed by atoms with E-state index in [0.29, 0.717) is 5.56 Å². The van der Waals surface area contributed by atoms with Crippen molar-refractivity contribution < 1.29 is 19.2 Å². The van der Waals surface area contributed by atoms with Gasteiger partial charge in [0.1, 0.15) is 5.57 Å². The van der Waals surface area contributed by atoms with Crippen LogP contribution in [-0.4, -0.2) is 25.1 Å². The predicted molar refractivity (Wildman–Crippen MR) is 60.1 cm³/mol. The number of ether oxygens (including phenoxy) is 2. The molecule has 90 valence electrons. The Balaban J connectivity index is 3.20. The molecule has 0 unspecified atom stereocenters. The summed E-state index contributed by atoms with van der Waals surface area (Å²) in [5, 5.41) is 10.6. The van der Waals surface area contributed by atoms with E-state index in [1.54, 1.807) is 6.07 Å². The highest BCUT2D eigenvalue weighted by molar-refractivity contribution is 6.16. The van der Waals surface area contributed by atoms with Gasteiger partial charge >= 0.3 is 5.97 Å². The molecule has 6 nitrogen and oxygen atoms in total. The number of methoxy groups -OCH3 is 2. The molecule has 0 aromatic heterocycles. The number of non-ortho nitro benzene ring substituents is 1. The average molecular weight is 237 g/mol. The molecular formula is C11H11NO5. The largest absolute Gasteiger partial charge is 0.503 e. The zero-order valence-electron chi connectivity index (χ0n) is 9.38. The molecule has 0 aliphatic heterocycles. The number of rotatable bonds is 4. The standard InChI is InChI=1S/C11H11NO5/c1-16-7-10(11(13)17-2)8-4-3-5-9(6-8)12(14)15/h3-7H,1-2H3. The molecule has 0 fully saturated rings. The highest BCUT2D eigenvalue weighted by Crippen LogP contribution is 2.21. The summed E-state index contributed by atoms with van der Waals surface area (Å²) in [7, 11) is 2.60. The zero-order chi connectivity index (χ0) is 12.8. The zero-order valence-corrected chi connectivity index (χ0v) is 9.38. The van der Waals surface area contributed by atoms with Crippen LogP contribution in [0.3, 0.4) is 0 Å². The number of nitro groups is 1. The third kappa shape index (κ3) is 3.04. The smallest absolute Gasteiger partial charge is 0.341 e. The van der Waals surface area contributed by atoms with Gasteiger partial charge in [0.15, 0.2) is 0 Å². The first-order valence-electron chi connectivity index (χ1n) is 4.66. The molecule has 0 radical (unpaired) electrons. The summed E-state index contributed by atoms with van der Waals surface area (Å²) in [4.78, 5) is 21.5. The topological polar surface area (TPSA) is 78.7 Å². The Morgan fingerprint density at radius 1 is 1.41 bits per heavy atom. The maximum Gasteiger partial charge on any atom is 0.341 e. The fraction of sp³-hybridized carbons (Fsp3) is 0.182. The minimum Gasteiger partial charge on any atom is -0.503 e. The number of hydrogen-bond donors (Lipinski definition) is 0. The molecule has 0 saturated heterocycles. The van der Waals surface area contributed by atoms with Crippen LogP contribution in [0.1, 0.15) is 5.56 Å². The second-order valence-corrected chi connectivity index (χ2v) is 3.07. The van der Waals surface area contributed by atoms with E-state index < -0.39 is 10.9 Å². The van der Waals surface area contributed by atoms with Crippen LogP contribution in [0.2, 0.25) is 0 Å². The number of benzene rings is 1. The molecule has 0 heterocycles. The lowest BCUT2D eigenvalue weighted by Gasteiger charge is -2.04. The SMILES string of the molecule is COC=C(C(=O)OC)c1cccc([N+](=O)[O-])c1. The van der Waals surface area contributed by atoms with Gasteiger partial charge in [-0.05, 0) is 5.56 Å². The van der Waals surface area contributed by atoms with E-state index in [1.165, 1.54) is 38.7 Å². The second kappa shape index (κ2) is 5.64. The first kappa shape index (κ1) is 12.7. The van der Waals surface area contributed by atoms with Gasteiger partial charge in [-0.1, -0.05) is 12.1 Å². The maximum absolute atomic E-state index is 11.4. The number of carbonyl (C=O) groups is 1. The first-order valence-corrected chi connectivity index (χ1v) is 4.66. The summed E-state index contributed by atoms with van der Waals surface area (Å²) in [6.45, 7) is 0. The van der Waals surface area contributed by atoms with Gasteiger partial charge in [0.05, 0.1) is 25.4 Å². The lowest BCUT2D eigenvalue weighted by atomic mass is 10.1. The van der Waals surface area contributed by atoms with Crippen molar-refractivity contribution in [2.75, 3.05) is 14.2 Å². The molecular weight excluding hydrogens is 226 g/mol. The van der Waals surface area contributed by atoms with Gasteiger partial charge < -0.3 is 9.47 Å². The summed E-state index contributed by atoms with van der Waals surface area (Å²) in [5.74, 6) is -0.618. The van der Waals surface area contributed by atoms with Crippen LogP contribution in [0, 0.1) is 10.1 Å². The fourth-order valence-electron chi connectivity index (χ4n) is 1.25. The molecule has 0 aliphatic carbocycles. The molecule has 1 rings (SSSR count). The van der Waals surface area contributed by atoms with Crippen molar-refractivity contribution in [3.63, 3.8) is 0 Å². The fourth-order valence-corrected chi connectivity index (χ4v) is 1.25. The quantitative estimate of drug-likeness (QED) is 0.262. The molecule has 6 heteroatoms. The van der Waals surface area contributed by atoms with E-state index in [2.05, 4.69) is 4.74 Å². The Hall–Kier alpha value is -2.37. The number of nitrogens with zero attached hydrogens (tertiary/aromatic N) is 1. The molecule has 0 aliphatic rings. The Morgan fingerprint density at radius 2 is 2.12 bits per heavy atom. The van der Waals surface area contributed by atoms with E-state index >= 15 is 0 Å². The van der Waals surface area contributed by atoms with Crippen molar-refractivity contribution >= 4 is 17.2 Å². The number of hydrogen-bond acceptors (Lipinski definition) is 5. The Labute approximate surface area is 97.6 Å². The third-order valence-corrected chi connectivity index (χ3v) is 2.01. The highest BCUT2D eigenvalue weighted by atomic mass is 16.6. The summed E-state index contributed by atoms with van der Waals surface area (Å²) < 4.78 is 9.31. The van der Waals surface area contributed by atoms with Crippen molar-refractivity contribution in [3.05, 3.63) is 46.2 Å². The Kier molecular flexibility index (Phi) is 4.21. The van der Waals surface area contributed by atoms with E-state index in [4.69, 9.17) is 4.74 Å². The maximum atomic E-state index is 11.4. The molecule has 0 atom stereocenters. The van der Waals surface area contributed by atoms with E-state index in [1.807, 2.05) is 0 Å². The molecule has 1 aromatic rings. The second-order valence-electron chi connectivity index (χ2n) is 3.07. The van der Waals surface area contributed by atoms with Gasteiger partial charge in [0.25, 0.3) is 5.69 Å². The number of esters is 1. The van der Waals surface area contributed by atoms with Crippen LogP contribution < -0.4 is 0 Å². The van der Waals surface area contributed by atoms with E-state index in [9.17, 15) is 14.9 Å². The van der Waals surface area contributed by atoms with Gasteiger partial charge in [-0.15, -0.1) is 0 Å². The lowest BCUT2D eigenvalue weighted by molar-refractivity contribution is -0.384. The molecule has 1 aromatic carbocycles. The summed E-state index contributed by atoms with van der Waals surface area (Å²) in [6, 6.07) is 5.67. The lowest BCUT2D eigenvalue weighted by Crippen LogP contribution is -2.04. The van der Waals surface area contributed by atoms with Crippen molar-refractivity contribution in [3.8, 4) is 0 Å². The molecule has 0 N–H and O–H groups in total. The van der Waals surface area contributed by atoms with Crippen molar-refractivity contribution in [2.24, 2.45) is 0 Å². The Morgan fingerprint density at radius 3 is 2.65 bits per heavy atom. The third-order valence-electron chi connectivity index (χ3n) is 2.01. The minimum absolute atomic E-state index is 0.103. The minimum atomic E-state index is -0.618. The van der Waals surface area contributed by atoms with Gasteiger partial charge in [0.2, 0.25) is 0 Å². The molecule has 17 heavy (non-hydrogen) atoms. The van der Waals surface area contributed by atoms with E-state index in [-0.39, 0.29) is 11.3 Å². The molecule has 0 spiro atoms. The van der Waals surface area contributed by atoms with Gasteiger partial charge in [-0.25, -0.2) is 4.79 Å². The monoisotopic (exact) mass is 237 g/mol. The molecule has 0 saturated carbocycles. The molecule has 0 amide bonds. The predicted octanol–water partition coefficient (Wildman–Crippen LogP) is 1.76. The van der Waals surface area contributed by atoms with Crippen LogP contribution >= 0.6 is 0 Å². The van der Waals surface area contributed by atoms with E-state index in [0.717, 1.165) is 0 Å². The van der Waals surface area contributed by atoms with Crippen molar-refractivity contribution in [2.45, 2.75) is 0 Å². The summed E-state index contributed by atoms with van der Waals surface area (Å²) >= 11 is 0. The van der Waals surface area contributed by atoms with Gasteiger partial charge in [0, 0.05) is 12.1 Å². The van der Waals surface area contributed by atoms with Gasteiger partial charge in [-0.2, -0.15) is 0 Å². The Bertz CT molecular complexity index is 467. The van der Waals surface area contributed by atoms with Crippen LogP contribution in [-0.2, 0) is 14.3 Å². The summed E-state index contributed by atoms with van der Waals surface area (Å²) in [5.41, 5.74) is 0.389. The molecule has 0 bridgehead atoms. The van der Waals surface area contributed by atoms with Gasteiger partial charge in [-0.3, -0.25) is 10.1 Å². The number of carbonyl (C=O) groups excluding carboxylic acids is 1. The van der Waals surface area contributed by atoms with Crippen molar-refractivity contribution in [1.82, 2.24) is 0 Å². The summed E-state index contributed by atoms with van der Waals surface area (Å²) in [6.07, 6.45) is 1.19. The van der Waals surface area contributed by atoms with Crippen LogP contribution in [0.25, 0.3) is 5.57 Å². The van der Waals surface area contributed by atoms with Crippen LogP contribution in [0.4, 0.5) is 5.69 Å². The van der Waals surface area contributed by atoms with Crippen molar-refractivity contribution in [1.29, 1.82) is 0 Å². The number of nitro benzene ring substituents is 1. The normalized spacial score (nSPS) is 10.8. The van der Waals surface area contributed by atoms with Crippen LogP contribution in [0.5, 0.6) is 0 Å². The average Bonchev–Trinajstić information content (AvgIpc) is 2.35. The first-order chi connectivity index (χ1) is 8.10. The highest BCUT2D eigenvalue weighted by Gasteiger charge is 2.15. The van der Waals surface area contributed by atoms with Crippen LogP contribution in [0.15, 0.2) is 30.5 Å².